The molecule has 0 bridgehead atoms. The summed E-state index contributed by atoms with van der Waals surface area (Å²) >= 11 is 1.57. The van der Waals surface area contributed by atoms with E-state index in [1.807, 2.05) is 29.6 Å². The van der Waals surface area contributed by atoms with Crippen LogP contribution in [0.5, 0.6) is 5.75 Å². The molecular formula is C26H33N5O3S2. The standard InChI is InChI=1S/C15H16N4OS.C9H13NO2S.C2H4/c1-10(2)19-17-13(11-4-6-12(20-3)7-5-11)14(18-19)15-16-8-9-21-15;1-8(2)10-13(11,12)9-6-4-3-5-7-9;1-2/h4-10H,1-3H3;3-8,10H,1-2H3;1-2H2. The Hall–Kier alpha value is -3.34. The van der Waals surface area contributed by atoms with Crippen molar-refractivity contribution < 1.29 is 13.2 Å². The van der Waals surface area contributed by atoms with Crippen molar-refractivity contribution in [3.63, 3.8) is 0 Å². The molecule has 0 fully saturated rings. The molecule has 0 saturated heterocycles. The number of thiazole rings is 1. The highest BCUT2D eigenvalue weighted by atomic mass is 32.2. The molecule has 10 heteroatoms. The molecule has 0 amide bonds. The second-order valence-electron chi connectivity index (χ2n) is 7.97. The van der Waals surface area contributed by atoms with Crippen molar-refractivity contribution in [3.8, 4) is 27.7 Å². The summed E-state index contributed by atoms with van der Waals surface area (Å²) in [6.45, 7) is 13.7. The Kier molecular flexibility index (Phi) is 11.0. The van der Waals surface area contributed by atoms with Gasteiger partial charge in [0, 0.05) is 23.2 Å². The number of benzene rings is 2. The maximum Gasteiger partial charge on any atom is 0.240 e. The van der Waals surface area contributed by atoms with E-state index in [2.05, 4.69) is 46.9 Å². The van der Waals surface area contributed by atoms with Gasteiger partial charge in [-0.3, -0.25) is 0 Å². The van der Waals surface area contributed by atoms with Gasteiger partial charge in [-0.2, -0.15) is 9.90 Å². The van der Waals surface area contributed by atoms with E-state index in [9.17, 15) is 8.42 Å². The van der Waals surface area contributed by atoms with Crippen LogP contribution in [0.1, 0.15) is 33.7 Å². The van der Waals surface area contributed by atoms with E-state index in [0.29, 0.717) is 4.90 Å². The van der Waals surface area contributed by atoms with Gasteiger partial charge in [-0.1, -0.05) is 18.2 Å². The van der Waals surface area contributed by atoms with Crippen molar-refractivity contribution in [2.24, 2.45) is 0 Å². The smallest absolute Gasteiger partial charge is 0.240 e. The van der Waals surface area contributed by atoms with E-state index in [0.717, 1.165) is 27.7 Å². The molecule has 8 nitrogen and oxygen atoms in total. The average Bonchev–Trinajstić information content (AvgIpc) is 3.56. The minimum Gasteiger partial charge on any atom is -0.497 e. The molecule has 0 radical (unpaired) electrons. The predicted octanol–water partition coefficient (Wildman–Crippen LogP) is 5.83. The van der Waals surface area contributed by atoms with Gasteiger partial charge < -0.3 is 4.74 Å². The number of hydrogen-bond acceptors (Lipinski definition) is 7. The summed E-state index contributed by atoms with van der Waals surface area (Å²) in [5.41, 5.74) is 2.68. The summed E-state index contributed by atoms with van der Waals surface area (Å²) in [4.78, 5) is 6.40. The van der Waals surface area contributed by atoms with Crippen molar-refractivity contribution in [1.82, 2.24) is 24.7 Å². The van der Waals surface area contributed by atoms with Crippen LogP contribution in [-0.4, -0.2) is 41.5 Å². The summed E-state index contributed by atoms with van der Waals surface area (Å²) in [5, 5.41) is 12.0. The normalized spacial score (nSPS) is 10.9. The molecular weight excluding hydrogens is 494 g/mol. The zero-order valence-corrected chi connectivity index (χ0v) is 22.9. The first-order chi connectivity index (χ1) is 17.2. The first-order valence-electron chi connectivity index (χ1n) is 11.3. The second-order valence-corrected chi connectivity index (χ2v) is 10.6. The highest BCUT2D eigenvalue weighted by molar-refractivity contribution is 7.89. The predicted molar refractivity (Wildman–Crippen MR) is 147 cm³/mol. The molecule has 2 heterocycles. The van der Waals surface area contributed by atoms with Crippen LogP contribution >= 0.6 is 11.3 Å². The van der Waals surface area contributed by atoms with Gasteiger partial charge >= 0.3 is 0 Å². The topological polar surface area (TPSA) is 99.0 Å². The number of nitrogens with one attached hydrogen (secondary N) is 1. The van der Waals surface area contributed by atoms with Gasteiger partial charge in [0.1, 0.15) is 22.1 Å². The van der Waals surface area contributed by atoms with Crippen molar-refractivity contribution in [1.29, 1.82) is 0 Å². The van der Waals surface area contributed by atoms with E-state index in [4.69, 9.17) is 4.74 Å². The Morgan fingerprint density at radius 3 is 2.06 bits per heavy atom. The summed E-state index contributed by atoms with van der Waals surface area (Å²) in [5.74, 6) is 0.825. The van der Waals surface area contributed by atoms with Crippen molar-refractivity contribution in [3.05, 3.63) is 79.3 Å². The lowest BCUT2D eigenvalue weighted by Gasteiger charge is -2.08. The molecule has 0 spiro atoms. The quantitative estimate of drug-likeness (QED) is 0.304. The molecule has 0 unspecified atom stereocenters. The number of sulfonamides is 1. The molecule has 0 aliphatic rings. The zero-order chi connectivity index (χ0) is 26.7. The van der Waals surface area contributed by atoms with Crippen LogP contribution in [0, 0.1) is 0 Å². The molecule has 4 aromatic rings. The number of hydrogen-bond donors (Lipinski definition) is 1. The second kappa shape index (κ2) is 13.7. The third-order valence-corrected chi connectivity index (χ3v) is 6.99. The molecule has 36 heavy (non-hydrogen) atoms. The van der Waals surface area contributed by atoms with Gasteiger partial charge in [0.25, 0.3) is 0 Å². The van der Waals surface area contributed by atoms with Gasteiger partial charge in [-0.15, -0.1) is 29.6 Å². The van der Waals surface area contributed by atoms with Crippen LogP contribution in [0.2, 0.25) is 0 Å². The zero-order valence-electron chi connectivity index (χ0n) is 21.2. The van der Waals surface area contributed by atoms with E-state index in [1.54, 1.807) is 73.6 Å². The van der Waals surface area contributed by atoms with Crippen LogP contribution in [0.25, 0.3) is 22.0 Å². The molecule has 2 aromatic carbocycles. The average molecular weight is 528 g/mol. The first-order valence-corrected chi connectivity index (χ1v) is 13.7. The van der Waals surface area contributed by atoms with Gasteiger partial charge in [0.2, 0.25) is 10.0 Å². The number of methoxy groups -OCH3 is 1. The van der Waals surface area contributed by atoms with Crippen molar-refractivity contribution >= 4 is 21.4 Å². The van der Waals surface area contributed by atoms with Gasteiger partial charge in [-0.25, -0.2) is 18.1 Å². The summed E-state index contributed by atoms with van der Waals surface area (Å²) in [7, 11) is -1.65. The molecule has 0 aliphatic heterocycles. The number of aromatic nitrogens is 4. The fourth-order valence-electron chi connectivity index (χ4n) is 2.96. The van der Waals surface area contributed by atoms with Gasteiger partial charge in [0.15, 0.2) is 0 Å². The molecule has 1 N–H and O–H groups in total. The maximum atomic E-state index is 11.5. The Labute approximate surface area is 217 Å². The van der Waals surface area contributed by atoms with Gasteiger partial charge in [-0.05, 0) is 64.1 Å². The molecule has 4 rings (SSSR count). The first kappa shape index (κ1) is 28.9. The lowest BCUT2D eigenvalue weighted by Crippen LogP contribution is -2.30. The van der Waals surface area contributed by atoms with Crippen molar-refractivity contribution in [2.75, 3.05) is 7.11 Å². The van der Waals surface area contributed by atoms with E-state index in [-0.39, 0.29) is 12.1 Å². The number of rotatable bonds is 7. The van der Waals surface area contributed by atoms with Crippen LogP contribution < -0.4 is 9.46 Å². The summed E-state index contributed by atoms with van der Waals surface area (Å²) in [6, 6.07) is 16.3. The molecule has 192 valence electrons. The third kappa shape index (κ3) is 7.84. The van der Waals surface area contributed by atoms with Crippen LogP contribution in [0.15, 0.2) is 84.2 Å². The van der Waals surface area contributed by atoms with Gasteiger partial charge in [0.05, 0.1) is 18.0 Å². The minimum atomic E-state index is -3.31. The Balaban J connectivity index is 0.000000262. The minimum absolute atomic E-state index is 0.0785. The lowest BCUT2D eigenvalue weighted by atomic mass is 10.1. The number of ether oxygens (including phenoxy) is 1. The largest absolute Gasteiger partial charge is 0.497 e. The Morgan fingerprint density at radius 2 is 1.56 bits per heavy atom. The Bertz CT molecular complexity index is 1290. The maximum absolute atomic E-state index is 11.5. The van der Waals surface area contributed by atoms with Crippen LogP contribution in [-0.2, 0) is 10.0 Å². The third-order valence-electron chi connectivity index (χ3n) is 4.53. The lowest BCUT2D eigenvalue weighted by molar-refractivity contribution is 0.415. The molecule has 0 atom stereocenters. The van der Waals surface area contributed by atoms with E-state index in [1.165, 1.54) is 0 Å². The highest BCUT2D eigenvalue weighted by Gasteiger charge is 2.18. The monoisotopic (exact) mass is 527 g/mol. The van der Waals surface area contributed by atoms with E-state index >= 15 is 0 Å². The number of nitrogens with zero attached hydrogens (tertiary/aromatic N) is 4. The highest BCUT2D eigenvalue weighted by Crippen LogP contribution is 2.31. The summed E-state index contributed by atoms with van der Waals surface area (Å²) < 4.78 is 30.8. The molecule has 0 aliphatic carbocycles. The van der Waals surface area contributed by atoms with Crippen molar-refractivity contribution in [2.45, 2.75) is 44.7 Å². The summed E-state index contributed by atoms with van der Waals surface area (Å²) in [6.07, 6.45) is 1.78. The fourth-order valence-corrected chi connectivity index (χ4v) is 4.85. The molecule has 0 saturated carbocycles. The van der Waals surface area contributed by atoms with E-state index < -0.39 is 10.0 Å². The molecule has 2 aromatic heterocycles. The fraction of sp³-hybridized carbons (Fsp3) is 0.269. The van der Waals surface area contributed by atoms with Crippen LogP contribution in [0.4, 0.5) is 0 Å². The van der Waals surface area contributed by atoms with Crippen LogP contribution in [0.3, 0.4) is 0 Å². The SMILES string of the molecule is C=C.CC(C)NS(=O)(=O)c1ccccc1.COc1ccc(-c2nn(C(C)C)nc2-c2nccs2)cc1. The Morgan fingerprint density at radius 1 is 0.944 bits per heavy atom.